The minimum Gasteiger partial charge on any atom is -0.0651 e. The fourth-order valence-corrected chi connectivity index (χ4v) is 9.73. The molecule has 0 aromatic heterocycles. The van der Waals surface area contributed by atoms with Gasteiger partial charge in [-0.2, -0.15) is 0 Å². The lowest BCUT2D eigenvalue weighted by Crippen LogP contribution is -2.29. The molecule has 0 aromatic carbocycles. The Bertz CT molecular complexity index is 1820. The molecule has 6 rings (SSSR count). The molecule has 0 heterocycles. The highest BCUT2D eigenvalue weighted by Crippen LogP contribution is 2.61. The molecule has 6 saturated carbocycles. The van der Waals surface area contributed by atoms with Gasteiger partial charge in [-0.3, -0.25) is 0 Å². The van der Waals surface area contributed by atoms with E-state index in [1.165, 1.54) is 82.5 Å². The van der Waals surface area contributed by atoms with Gasteiger partial charge in [-0.25, -0.2) is 0 Å². The topological polar surface area (TPSA) is 0 Å². The molecule has 0 spiro atoms. The third-order valence-electron chi connectivity index (χ3n) is 30.7. The molecule has 0 aliphatic heterocycles. The fraction of sp³-hybridized carbons (Fsp3) is 1.00. The van der Waals surface area contributed by atoms with Gasteiger partial charge in [0.05, 0.1) is 0 Å². The zero-order valence-electron chi connectivity index (χ0n) is 84.1. The van der Waals surface area contributed by atoms with Crippen molar-refractivity contribution in [3.8, 4) is 0 Å². The van der Waals surface area contributed by atoms with Crippen LogP contribution in [0.5, 0.6) is 0 Å². The van der Waals surface area contributed by atoms with E-state index in [2.05, 4.69) is 402 Å². The summed E-state index contributed by atoms with van der Waals surface area (Å²) < 4.78 is 0. The van der Waals surface area contributed by atoms with Crippen LogP contribution in [0.4, 0.5) is 0 Å². The van der Waals surface area contributed by atoms with Crippen LogP contribution in [0.25, 0.3) is 0 Å². The summed E-state index contributed by atoms with van der Waals surface area (Å²) in [5.41, 5.74) is 7.16. The molecule has 0 bridgehead atoms. The van der Waals surface area contributed by atoms with Crippen LogP contribution >= 0.6 is 0 Å². The first-order valence-corrected chi connectivity index (χ1v) is 44.5. The van der Waals surface area contributed by atoms with Crippen LogP contribution in [0.1, 0.15) is 491 Å². The number of hydrogen-bond donors (Lipinski definition) is 0. The Morgan fingerprint density at radius 1 is 0.343 bits per heavy atom. The average molecular weight is 1440 g/mol. The second kappa shape index (κ2) is 47.4. The lowest BCUT2D eigenvalue weighted by Gasteiger charge is -2.40. The molecule has 0 N–H and O–H groups in total. The number of hydrogen-bond acceptors (Lipinski definition) is 0. The third-order valence-corrected chi connectivity index (χ3v) is 30.7. The summed E-state index contributed by atoms with van der Waals surface area (Å²) in [5.74, 6) is 15.3. The molecule has 0 heteroatoms. The summed E-state index contributed by atoms with van der Waals surface area (Å²) in [5, 5.41) is 0. The van der Waals surface area contributed by atoms with Gasteiger partial charge in [-0.05, 0) is 235 Å². The van der Waals surface area contributed by atoms with Crippen LogP contribution in [0, 0.1) is 170 Å². The van der Waals surface area contributed by atoms with Gasteiger partial charge in [0, 0.05) is 0 Å². The maximum atomic E-state index is 2.44. The first-order valence-electron chi connectivity index (χ1n) is 44.5. The van der Waals surface area contributed by atoms with E-state index in [9.17, 15) is 0 Å². The highest BCUT2D eigenvalue weighted by atomic mass is 14.5. The maximum Gasteiger partial charge on any atom is -0.0297 e. The zero-order chi connectivity index (χ0) is 84.1. The van der Waals surface area contributed by atoms with Crippen LogP contribution in [-0.2, 0) is 0 Å². The van der Waals surface area contributed by atoms with Gasteiger partial charge in [-0.1, -0.05) is 427 Å². The lowest BCUT2D eigenvalue weighted by molar-refractivity contribution is 0.111. The Morgan fingerprint density at radius 3 is 0.637 bits per heavy atom. The van der Waals surface area contributed by atoms with E-state index in [0.29, 0.717) is 70.4 Å². The molecule has 0 amide bonds. The average Bonchev–Trinajstić information content (AvgIpc) is 1.62. The SMILES string of the molecule is CC(C)(C)C(C)(C)C.CC(C)(C)C(C)(C)C.CC(C)(C)C(C)(C)C.CC(C)C(C)(C)C(C)C.CC(C)C(C)C(C)C.CC1(C2CC2)CC1.CC1CC(C)(C)C1.CC1CC(C)C1C.CCC(C)(C)C(C)(C)C.CCC(C)(C)C(C)C.CCC(C)C(C)(C)C.CC[C@@H](C)C(C)(C)C.C[C@H]1CC1C1CC1. The van der Waals surface area contributed by atoms with Crippen molar-refractivity contribution in [1.82, 2.24) is 0 Å². The van der Waals surface area contributed by atoms with Gasteiger partial charge < -0.3 is 0 Å². The molecule has 4 unspecified atom stereocenters. The largest absolute Gasteiger partial charge is 0.0651 e. The van der Waals surface area contributed by atoms with Gasteiger partial charge in [0.2, 0.25) is 0 Å². The van der Waals surface area contributed by atoms with E-state index in [-0.39, 0.29) is 0 Å². The molecule has 626 valence electrons. The Morgan fingerprint density at radius 2 is 0.618 bits per heavy atom. The second-order valence-electron chi connectivity index (χ2n) is 49.7. The molecule has 0 nitrogen and oxygen atoms in total. The van der Waals surface area contributed by atoms with Crippen molar-refractivity contribution < 1.29 is 0 Å². The summed E-state index contributed by atoms with van der Waals surface area (Å²) in [6.45, 7) is 133. The molecule has 6 fully saturated rings. The third kappa shape index (κ3) is 55.4. The minimum absolute atomic E-state index is 0.437. The molecule has 0 radical (unpaired) electrons. The van der Waals surface area contributed by atoms with Crippen molar-refractivity contribution >= 4 is 0 Å². The second-order valence-corrected chi connectivity index (χ2v) is 49.7. The predicted octanol–water partition coefficient (Wildman–Crippen LogP) is 37.2. The standard InChI is InChI=1S/2C9H20.7C8H18.2C7H12.2C7H14/c1-7-9(5,6)8(2,3)4;1-7(2)9(5,6)8(3)4;3*1-7(2,3)8(4,5)6;2*1-6-7(2)8(3,4)5;1-6-8(4,5)7(2)3;1-6(2)8(5)7(3)4;1-7(4-5-7)6-2-3-6;1-5-4-7(5)6-2-3-6;1-6-4-7(2,3)5-6;1-5-4-6(2)7(5)3/h7H2,1-6H3;7-8H,1-6H3;3*1-6H3;3*7H,6H2,1-5H3;6-8H,1-5H3;6H,2-5H2,1H3;5-7H,2-4H2,1H3;6H,4-5H2,1-3H3;5-7H,4H2,1-3H3/t;;;;;7-;;;;;5-,7?;;/m.....1....0../s1. The quantitative estimate of drug-likeness (QED) is 0.193. The molecule has 0 saturated heterocycles. The van der Waals surface area contributed by atoms with Crippen molar-refractivity contribution in [1.29, 1.82) is 0 Å². The molecule has 6 aliphatic rings. The molecule has 6 aliphatic carbocycles. The monoisotopic (exact) mass is 1440 g/mol. The molecular formula is C102H218. The van der Waals surface area contributed by atoms with Gasteiger partial charge in [0.15, 0.2) is 0 Å². The Hall–Kier alpha value is 0. The Balaban J connectivity index is -0.000000192. The predicted molar refractivity (Wildman–Crippen MR) is 484 cm³/mol. The van der Waals surface area contributed by atoms with Crippen LogP contribution in [0.3, 0.4) is 0 Å². The first-order chi connectivity index (χ1) is 44.5. The van der Waals surface area contributed by atoms with E-state index in [1.807, 2.05) is 0 Å². The van der Waals surface area contributed by atoms with E-state index >= 15 is 0 Å². The smallest absolute Gasteiger partial charge is 0.0297 e. The van der Waals surface area contributed by atoms with Crippen LogP contribution in [-0.4, -0.2) is 0 Å². The van der Waals surface area contributed by atoms with Crippen molar-refractivity contribution in [2.24, 2.45) is 170 Å². The van der Waals surface area contributed by atoms with Crippen LogP contribution in [0.15, 0.2) is 0 Å². The van der Waals surface area contributed by atoms with E-state index in [4.69, 9.17) is 0 Å². The molecule has 102 heavy (non-hydrogen) atoms. The molecule has 0 aromatic rings. The van der Waals surface area contributed by atoms with Crippen molar-refractivity contribution in [3.05, 3.63) is 0 Å². The van der Waals surface area contributed by atoms with E-state index in [0.717, 1.165) is 88.3 Å². The van der Waals surface area contributed by atoms with Gasteiger partial charge in [-0.15, -0.1) is 0 Å². The van der Waals surface area contributed by atoms with Gasteiger partial charge in [0.1, 0.15) is 0 Å². The summed E-state index contributed by atoms with van der Waals surface area (Å²) >= 11 is 0. The number of rotatable bonds is 11. The highest BCUT2D eigenvalue weighted by molar-refractivity contribution is 5.00. The first kappa shape index (κ1) is 115. The molecular weight excluding hydrogens is 1230 g/mol. The van der Waals surface area contributed by atoms with Crippen LogP contribution < -0.4 is 0 Å². The van der Waals surface area contributed by atoms with Crippen molar-refractivity contribution in [2.75, 3.05) is 0 Å². The highest BCUT2D eigenvalue weighted by Gasteiger charge is 2.49. The van der Waals surface area contributed by atoms with E-state index < -0.39 is 0 Å². The molecule has 6 atom stereocenters. The normalized spacial score (nSPS) is 21.6. The summed E-state index contributed by atoms with van der Waals surface area (Å²) in [6, 6.07) is 0. The zero-order valence-corrected chi connectivity index (χ0v) is 84.1. The van der Waals surface area contributed by atoms with Crippen molar-refractivity contribution in [3.63, 3.8) is 0 Å². The lowest BCUT2D eigenvalue weighted by atomic mass is 9.65. The fourth-order valence-electron chi connectivity index (χ4n) is 9.73. The summed E-state index contributed by atoms with van der Waals surface area (Å²) in [4.78, 5) is 0. The Kier molecular flexibility index (Phi) is 53.6. The summed E-state index contributed by atoms with van der Waals surface area (Å²) in [6.07, 6.45) is 20.2. The van der Waals surface area contributed by atoms with E-state index in [1.54, 1.807) is 19.3 Å². The van der Waals surface area contributed by atoms with Gasteiger partial charge >= 0.3 is 0 Å². The van der Waals surface area contributed by atoms with Crippen LogP contribution in [0.2, 0.25) is 0 Å². The Labute approximate surface area is 658 Å². The van der Waals surface area contributed by atoms with Gasteiger partial charge in [0.25, 0.3) is 0 Å². The summed E-state index contributed by atoms with van der Waals surface area (Å²) in [7, 11) is 0. The minimum atomic E-state index is 0.437. The maximum absolute atomic E-state index is 2.44. The van der Waals surface area contributed by atoms with Crippen molar-refractivity contribution in [2.45, 2.75) is 491 Å².